The molecular formula is C15H22N2O3. The molecule has 1 aliphatic heterocycles. The quantitative estimate of drug-likeness (QED) is 0.905. The van der Waals surface area contributed by atoms with Gasteiger partial charge in [-0.1, -0.05) is 6.07 Å². The summed E-state index contributed by atoms with van der Waals surface area (Å²) in [6, 6.07) is 7.24. The molecule has 1 unspecified atom stereocenters. The van der Waals surface area contributed by atoms with Gasteiger partial charge in [0.25, 0.3) is 0 Å². The number of hydrogen-bond donors (Lipinski definition) is 1. The maximum Gasteiger partial charge on any atom is 0.322 e. The van der Waals surface area contributed by atoms with Crippen molar-refractivity contribution < 1.29 is 14.3 Å². The van der Waals surface area contributed by atoms with Crippen molar-refractivity contribution in [3.8, 4) is 5.75 Å². The standard InChI is InChI=1S/C15H22N2O3/c1-11-15(2,3)20-9-8-17(11)14(18)16-12-6-5-7-13(10-12)19-4/h5-7,10-11H,8-9H2,1-4H3,(H,16,18). The predicted molar refractivity (Wildman–Crippen MR) is 78.2 cm³/mol. The number of nitrogens with zero attached hydrogens (tertiary/aromatic N) is 1. The second-order valence-corrected chi connectivity index (χ2v) is 5.48. The van der Waals surface area contributed by atoms with Crippen LogP contribution in [-0.2, 0) is 4.74 Å². The molecule has 0 saturated carbocycles. The largest absolute Gasteiger partial charge is 0.497 e. The SMILES string of the molecule is COc1cccc(NC(=O)N2CCOC(C)(C)C2C)c1. The normalized spacial score (nSPS) is 21.4. The molecular weight excluding hydrogens is 256 g/mol. The Labute approximate surface area is 119 Å². The molecule has 0 aromatic heterocycles. The summed E-state index contributed by atoms with van der Waals surface area (Å²) < 4.78 is 10.9. The number of methoxy groups -OCH3 is 1. The van der Waals surface area contributed by atoms with Gasteiger partial charge in [-0.3, -0.25) is 0 Å². The Bertz CT molecular complexity index is 488. The number of ether oxygens (including phenoxy) is 2. The molecule has 0 bridgehead atoms. The first kappa shape index (κ1) is 14.7. The molecule has 1 heterocycles. The van der Waals surface area contributed by atoms with E-state index in [0.717, 1.165) is 11.4 Å². The van der Waals surface area contributed by atoms with Gasteiger partial charge in [0.1, 0.15) is 5.75 Å². The van der Waals surface area contributed by atoms with Crippen LogP contribution in [-0.4, -0.2) is 42.8 Å². The highest BCUT2D eigenvalue weighted by Crippen LogP contribution is 2.25. The number of anilines is 1. The molecule has 1 aromatic carbocycles. The number of urea groups is 1. The van der Waals surface area contributed by atoms with E-state index in [1.54, 1.807) is 13.2 Å². The van der Waals surface area contributed by atoms with Crippen LogP contribution in [0.15, 0.2) is 24.3 Å². The Balaban J connectivity index is 2.07. The molecule has 110 valence electrons. The third kappa shape index (κ3) is 3.04. The minimum absolute atomic E-state index is 0.0156. The summed E-state index contributed by atoms with van der Waals surface area (Å²) in [6.07, 6.45) is 0. The molecule has 0 radical (unpaired) electrons. The van der Waals surface area contributed by atoms with Crippen LogP contribution in [0.4, 0.5) is 10.5 Å². The van der Waals surface area contributed by atoms with E-state index in [1.165, 1.54) is 0 Å². The molecule has 1 fully saturated rings. The lowest BCUT2D eigenvalue weighted by Crippen LogP contribution is -2.58. The highest BCUT2D eigenvalue weighted by Gasteiger charge is 2.37. The fourth-order valence-corrected chi connectivity index (χ4v) is 2.27. The lowest BCUT2D eigenvalue weighted by atomic mass is 9.97. The molecule has 2 rings (SSSR count). The first-order valence-electron chi connectivity index (χ1n) is 6.79. The van der Waals surface area contributed by atoms with Crippen LogP contribution in [0.5, 0.6) is 5.75 Å². The maximum atomic E-state index is 12.4. The van der Waals surface area contributed by atoms with E-state index in [9.17, 15) is 4.79 Å². The number of benzene rings is 1. The first-order chi connectivity index (χ1) is 9.44. The fraction of sp³-hybridized carbons (Fsp3) is 0.533. The number of nitrogens with one attached hydrogen (secondary N) is 1. The second kappa shape index (κ2) is 5.71. The van der Waals surface area contributed by atoms with E-state index in [-0.39, 0.29) is 17.7 Å². The molecule has 1 saturated heterocycles. The van der Waals surface area contributed by atoms with Crippen molar-refractivity contribution in [1.29, 1.82) is 0 Å². The Morgan fingerprint density at radius 2 is 2.25 bits per heavy atom. The average molecular weight is 278 g/mol. The number of hydrogen-bond acceptors (Lipinski definition) is 3. The van der Waals surface area contributed by atoms with Crippen molar-refractivity contribution >= 4 is 11.7 Å². The van der Waals surface area contributed by atoms with Crippen LogP contribution in [0, 0.1) is 0 Å². The van der Waals surface area contributed by atoms with E-state index in [4.69, 9.17) is 9.47 Å². The van der Waals surface area contributed by atoms with Crippen LogP contribution < -0.4 is 10.1 Å². The Kier molecular flexibility index (Phi) is 4.18. The fourth-order valence-electron chi connectivity index (χ4n) is 2.27. The number of amides is 2. The summed E-state index contributed by atoms with van der Waals surface area (Å²) in [4.78, 5) is 14.2. The van der Waals surface area contributed by atoms with Gasteiger partial charge in [0.2, 0.25) is 0 Å². The molecule has 5 nitrogen and oxygen atoms in total. The molecule has 1 aromatic rings. The molecule has 1 N–H and O–H groups in total. The highest BCUT2D eigenvalue weighted by molar-refractivity contribution is 5.89. The zero-order chi connectivity index (χ0) is 14.8. The van der Waals surface area contributed by atoms with Crippen LogP contribution in [0.3, 0.4) is 0 Å². The second-order valence-electron chi connectivity index (χ2n) is 5.48. The summed E-state index contributed by atoms with van der Waals surface area (Å²) in [5.74, 6) is 0.721. The van der Waals surface area contributed by atoms with Gasteiger partial charge in [-0.15, -0.1) is 0 Å². The zero-order valence-electron chi connectivity index (χ0n) is 12.5. The van der Waals surface area contributed by atoms with Gasteiger partial charge in [0, 0.05) is 18.3 Å². The minimum Gasteiger partial charge on any atom is -0.497 e. The predicted octanol–water partition coefficient (Wildman–Crippen LogP) is 2.73. The maximum absolute atomic E-state index is 12.4. The summed E-state index contributed by atoms with van der Waals surface area (Å²) in [6.45, 7) is 7.17. The average Bonchev–Trinajstić information content (AvgIpc) is 2.42. The molecule has 0 spiro atoms. The summed E-state index contributed by atoms with van der Waals surface area (Å²) >= 11 is 0. The number of rotatable bonds is 2. The van der Waals surface area contributed by atoms with E-state index >= 15 is 0 Å². The first-order valence-corrected chi connectivity index (χ1v) is 6.79. The number of carbonyl (C=O) groups excluding carboxylic acids is 1. The van der Waals surface area contributed by atoms with Crippen LogP contribution in [0.2, 0.25) is 0 Å². The van der Waals surface area contributed by atoms with Crippen LogP contribution in [0.25, 0.3) is 0 Å². The van der Waals surface area contributed by atoms with Crippen LogP contribution in [0.1, 0.15) is 20.8 Å². The van der Waals surface area contributed by atoms with E-state index in [1.807, 2.05) is 43.9 Å². The zero-order valence-corrected chi connectivity index (χ0v) is 12.5. The number of carbonyl (C=O) groups is 1. The third-order valence-corrected chi connectivity index (χ3v) is 3.86. The number of morpholine rings is 1. The van der Waals surface area contributed by atoms with Crippen molar-refractivity contribution in [2.75, 3.05) is 25.6 Å². The van der Waals surface area contributed by atoms with Gasteiger partial charge >= 0.3 is 6.03 Å². The lowest BCUT2D eigenvalue weighted by Gasteiger charge is -2.44. The highest BCUT2D eigenvalue weighted by atomic mass is 16.5. The molecule has 1 aliphatic rings. The third-order valence-electron chi connectivity index (χ3n) is 3.86. The topological polar surface area (TPSA) is 50.8 Å². The van der Waals surface area contributed by atoms with E-state index < -0.39 is 0 Å². The lowest BCUT2D eigenvalue weighted by molar-refractivity contribution is -0.105. The smallest absolute Gasteiger partial charge is 0.322 e. The van der Waals surface area contributed by atoms with Gasteiger partial charge in [0.05, 0.1) is 25.4 Å². The van der Waals surface area contributed by atoms with Crippen molar-refractivity contribution in [3.05, 3.63) is 24.3 Å². The Morgan fingerprint density at radius 1 is 1.50 bits per heavy atom. The molecule has 2 amide bonds. The summed E-state index contributed by atoms with van der Waals surface area (Å²) in [7, 11) is 1.60. The van der Waals surface area contributed by atoms with Crippen LogP contribution >= 0.6 is 0 Å². The van der Waals surface area contributed by atoms with Crippen molar-refractivity contribution in [2.24, 2.45) is 0 Å². The van der Waals surface area contributed by atoms with Gasteiger partial charge in [-0.25, -0.2) is 4.79 Å². The van der Waals surface area contributed by atoms with E-state index in [2.05, 4.69) is 5.32 Å². The van der Waals surface area contributed by atoms with Crippen molar-refractivity contribution in [3.63, 3.8) is 0 Å². The Hall–Kier alpha value is -1.75. The Morgan fingerprint density at radius 3 is 2.95 bits per heavy atom. The van der Waals surface area contributed by atoms with Gasteiger partial charge < -0.3 is 19.7 Å². The minimum atomic E-state index is -0.329. The summed E-state index contributed by atoms with van der Waals surface area (Å²) in [5, 5.41) is 2.91. The summed E-state index contributed by atoms with van der Waals surface area (Å²) in [5.41, 5.74) is 0.398. The van der Waals surface area contributed by atoms with Crippen molar-refractivity contribution in [1.82, 2.24) is 4.90 Å². The van der Waals surface area contributed by atoms with Crippen molar-refractivity contribution in [2.45, 2.75) is 32.4 Å². The monoisotopic (exact) mass is 278 g/mol. The molecule has 5 heteroatoms. The molecule has 1 atom stereocenters. The van der Waals surface area contributed by atoms with Gasteiger partial charge in [0.15, 0.2) is 0 Å². The van der Waals surface area contributed by atoms with Gasteiger partial charge in [-0.2, -0.15) is 0 Å². The molecule has 20 heavy (non-hydrogen) atoms. The molecule has 0 aliphatic carbocycles. The van der Waals surface area contributed by atoms with E-state index in [0.29, 0.717) is 13.2 Å². The van der Waals surface area contributed by atoms with Gasteiger partial charge in [-0.05, 0) is 32.9 Å².